The molecule has 28 heavy (non-hydrogen) atoms. The van der Waals surface area contributed by atoms with Crippen LogP contribution >= 0.6 is 0 Å². The minimum atomic E-state index is -1.10. The number of ether oxygens (including phenoxy) is 1. The van der Waals surface area contributed by atoms with Crippen molar-refractivity contribution in [3.05, 3.63) is 95.8 Å². The van der Waals surface area contributed by atoms with Crippen LogP contribution in [-0.4, -0.2) is 28.0 Å². The number of carboxylic acid groups (broad SMARTS) is 1. The lowest BCUT2D eigenvalue weighted by Crippen LogP contribution is -2.42. The second kappa shape index (κ2) is 9.32. The number of aromatic nitrogens is 1. The Balaban J connectivity index is 1.59. The quantitative estimate of drug-likeness (QED) is 0.631. The average molecular weight is 376 g/mol. The maximum Gasteiger partial charge on any atom is 0.326 e. The van der Waals surface area contributed by atoms with Crippen LogP contribution in [0.5, 0.6) is 5.75 Å². The van der Waals surface area contributed by atoms with Crippen LogP contribution in [0.4, 0.5) is 0 Å². The molecule has 142 valence electrons. The molecule has 0 fully saturated rings. The normalized spacial score (nSPS) is 11.4. The van der Waals surface area contributed by atoms with Crippen LogP contribution < -0.4 is 10.1 Å². The first kappa shape index (κ1) is 19.1. The van der Waals surface area contributed by atoms with E-state index in [9.17, 15) is 14.7 Å². The molecular weight excluding hydrogens is 356 g/mol. The van der Waals surface area contributed by atoms with Crippen LogP contribution in [-0.2, 0) is 17.8 Å². The van der Waals surface area contributed by atoms with Crippen molar-refractivity contribution >= 4 is 11.9 Å². The molecule has 6 heteroatoms. The fraction of sp³-hybridized carbons (Fsp3) is 0.136. The molecule has 2 aromatic carbocycles. The molecule has 1 heterocycles. The van der Waals surface area contributed by atoms with E-state index in [0.717, 1.165) is 11.1 Å². The molecule has 0 radical (unpaired) electrons. The second-order valence-electron chi connectivity index (χ2n) is 6.23. The Hall–Kier alpha value is -3.67. The third-order valence-corrected chi connectivity index (χ3v) is 4.14. The summed E-state index contributed by atoms with van der Waals surface area (Å²) in [6.45, 7) is 0.457. The first-order chi connectivity index (χ1) is 13.6. The predicted octanol–water partition coefficient (Wildman–Crippen LogP) is 3.09. The lowest BCUT2D eigenvalue weighted by Gasteiger charge is -2.15. The van der Waals surface area contributed by atoms with E-state index in [0.29, 0.717) is 17.9 Å². The van der Waals surface area contributed by atoms with Crippen molar-refractivity contribution in [2.24, 2.45) is 0 Å². The minimum Gasteiger partial charge on any atom is -0.489 e. The van der Waals surface area contributed by atoms with Gasteiger partial charge in [0.15, 0.2) is 0 Å². The van der Waals surface area contributed by atoms with Crippen molar-refractivity contribution in [2.75, 3.05) is 0 Å². The number of nitrogens with zero attached hydrogens (tertiary/aromatic N) is 1. The number of pyridine rings is 1. The number of carbonyl (C=O) groups is 2. The summed E-state index contributed by atoms with van der Waals surface area (Å²) in [5.74, 6) is -0.871. The Morgan fingerprint density at radius 1 is 0.964 bits per heavy atom. The predicted molar refractivity (Wildman–Crippen MR) is 104 cm³/mol. The van der Waals surface area contributed by atoms with Crippen LogP contribution in [0.2, 0.25) is 0 Å². The summed E-state index contributed by atoms with van der Waals surface area (Å²) in [5.41, 5.74) is 2.17. The number of rotatable bonds is 8. The number of benzene rings is 2. The molecule has 2 N–H and O–H groups in total. The van der Waals surface area contributed by atoms with Crippen molar-refractivity contribution in [3.8, 4) is 5.75 Å². The molecule has 6 nitrogen and oxygen atoms in total. The highest BCUT2D eigenvalue weighted by Gasteiger charge is 2.21. The van der Waals surface area contributed by atoms with E-state index in [1.807, 2.05) is 30.3 Å². The maximum atomic E-state index is 12.2. The first-order valence-electron chi connectivity index (χ1n) is 8.81. The third kappa shape index (κ3) is 5.41. The average Bonchev–Trinajstić information content (AvgIpc) is 2.74. The fourth-order valence-corrected chi connectivity index (χ4v) is 2.64. The minimum absolute atomic E-state index is 0.167. The highest BCUT2D eigenvalue weighted by molar-refractivity contribution is 5.96. The molecule has 3 rings (SSSR count). The molecule has 0 aliphatic carbocycles. The number of hydrogen-bond acceptors (Lipinski definition) is 4. The summed E-state index contributed by atoms with van der Waals surface area (Å²) in [7, 11) is 0. The van der Waals surface area contributed by atoms with Crippen LogP contribution in [0.15, 0.2) is 79.1 Å². The molecule has 0 bridgehead atoms. The first-order valence-corrected chi connectivity index (χ1v) is 8.81. The van der Waals surface area contributed by atoms with Gasteiger partial charge in [-0.1, -0.05) is 42.5 Å². The van der Waals surface area contributed by atoms with E-state index in [1.165, 1.54) is 6.20 Å². The summed E-state index contributed by atoms with van der Waals surface area (Å²) in [6.07, 6.45) is 3.11. The van der Waals surface area contributed by atoms with Gasteiger partial charge in [-0.25, -0.2) is 4.79 Å². The van der Waals surface area contributed by atoms with Crippen molar-refractivity contribution in [1.29, 1.82) is 0 Å². The Morgan fingerprint density at radius 2 is 1.71 bits per heavy atom. The molecule has 0 spiro atoms. The molecule has 0 saturated carbocycles. The van der Waals surface area contributed by atoms with Crippen molar-refractivity contribution in [1.82, 2.24) is 10.3 Å². The van der Waals surface area contributed by atoms with Gasteiger partial charge in [0.25, 0.3) is 5.91 Å². The largest absolute Gasteiger partial charge is 0.489 e. The van der Waals surface area contributed by atoms with E-state index in [2.05, 4.69) is 10.3 Å². The molecular formula is C22H20N2O4. The number of carboxylic acids is 1. The Morgan fingerprint density at radius 3 is 2.36 bits per heavy atom. The highest BCUT2D eigenvalue weighted by Crippen LogP contribution is 2.15. The molecule has 3 aromatic rings. The molecule has 0 unspecified atom stereocenters. The number of carbonyl (C=O) groups excluding carboxylic acids is 1. The van der Waals surface area contributed by atoms with E-state index < -0.39 is 17.9 Å². The number of amides is 1. The second-order valence-corrected chi connectivity index (χ2v) is 6.23. The zero-order valence-corrected chi connectivity index (χ0v) is 15.1. The van der Waals surface area contributed by atoms with E-state index >= 15 is 0 Å². The Bertz CT molecular complexity index is 912. The molecule has 0 saturated heterocycles. The van der Waals surface area contributed by atoms with Gasteiger partial charge in [-0.05, 0) is 35.4 Å². The van der Waals surface area contributed by atoms with Crippen LogP contribution in [0.3, 0.4) is 0 Å². The summed E-state index contributed by atoms with van der Waals surface area (Å²) in [6, 6.07) is 19.2. The SMILES string of the molecule is O=C(N[C@H](Cc1ccc(OCc2ccccc2)cc1)C(=O)O)c1cccnc1. The number of nitrogens with one attached hydrogen (secondary N) is 1. The lowest BCUT2D eigenvalue weighted by atomic mass is 10.1. The molecule has 0 aliphatic heterocycles. The van der Waals surface area contributed by atoms with E-state index in [-0.39, 0.29) is 6.42 Å². The van der Waals surface area contributed by atoms with Gasteiger partial charge in [-0.3, -0.25) is 9.78 Å². The van der Waals surface area contributed by atoms with Crippen LogP contribution in [0.25, 0.3) is 0 Å². The van der Waals surface area contributed by atoms with Crippen molar-refractivity contribution < 1.29 is 19.4 Å². The van der Waals surface area contributed by atoms with E-state index in [1.54, 1.807) is 42.6 Å². The zero-order chi connectivity index (χ0) is 19.8. The van der Waals surface area contributed by atoms with Gasteiger partial charge in [0.05, 0.1) is 5.56 Å². The standard InChI is InChI=1S/C22H20N2O4/c25-21(18-7-4-12-23-14-18)24-20(22(26)27)13-16-8-10-19(11-9-16)28-15-17-5-2-1-3-6-17/h1-12,14,20H,13,15H2,(H,24,25)(H,26,27)/t20-/m1/s1. The number of aliphatic carboxylic acids is 1. The lowest BCUT2D eigenvalue weighted by molar-refractivity contribution is -0.139. The summed E-state index contributed by atoms with van der Waals surface area (Å²) in [4.78, 5) is 27.6. The van der Waals surface area contributed by atoms with Gasteiger partial charge in [0, 0.05) is 18.8 Å². The highest BCUT2D eigenvalue weighted by atomic mass is 16.5. The molecule has 1 aromatic heterocycles. The fourth-order valence-electron chi connectivity index (χ4n) is 2.64. The van der Waals surface area contributed by atoms with Gasteiger partial charge >= 0.3 is 5.97 Å². The van der Waals surface area contributed by atoms with Crippen molar-refractivity contribution in [2.45, 2.75) is 19.1 Å². The maximum absolute atomic E-state index is 12.2. The zero-order valence-electron chi connectivity index (χ0n) is 15.1. The summed E-state index contributed by atoms with van der Waals surface area (Å²) >= 11 is 0. The summed E-state index contributed by atoms with van der Waals surface area (Å²) < 4.78 is 5.73. The van der Waals surface area contributed by atoms with Crippen LogP contribution in [0, 0.1) is 0 Å². The topological polar surface area (TPSA) is 88.5 Å². The monoisotopic (exact) mass is 376 g/mol. The Labute approximate surface area is 162 Å². The molecule has 1 amide bonds. The van der Waals surface area contributed by atoms with Gasteiger partial charge < -0.3 is 15.2 Å². The van der Waals surface area contributed by atoms with Gasteiger partial charge in [-0.15, -0.1) is 0 Å². The summed E-state index contributed by atoms with van der Waals surface area (Å²) in [5, 5.41) is 12.0. The van der Waals surface area contributed by atoms with Crippen molar-refractivity contribution in [3.63, 3.8) is 0 Å². The smallest absolute Gasteiger partial charge is 0.326 e. The third-order valence-electron chi connectivity index (χ3n) is 4.14. The molecule has 0 aliphatic rings. The molecule has 1 atom stereocenters. The van der Waals surface area contributed by atoms with Gasteiger partial charge in [0.1, 0.15) is 18.4 Å². The van der Waals surface area contributed by atoms with Gasteiger partial charge in [0.2, 0.25) is 0 Å². The van der Waals surface area contributed by atoms with Crippen LogP contribution in [0.1, 0.15) is 21.5 Å². The Kier molecular flexibility index (Phi) is 6.36. The van der Waals surface area contributed by atoms with E-state index in [4.69, 9.17) is 4.74 Å². The van der Waals surface area contributed by atoms with Gasteiger partial charge in [-0.2, -0.15) is 0 Å². The number of hydrogen-bond donors (Lipinski definition) is 2.